The number of ketones is 1. The van der Waals surface area contributed by atoms with Crippen LogP contribution in [0.2, 0.25) is 0 Å². The molecule has 0 atom stereocenters. The zero-order valence-electron chi connectivity index (χ0n) is 19.0. The molecule has 0 radical (unpaired) electrons. The minimum atomic E-state index is -1.47. The fraction of sp³-hybridized carbons (Fsp3) is 0.500. The number of carbonyl (C=O) groups excluding carboxylic acids is 5. The van der Waals surface area contributed by atoms with E-state index in [4.69, 9.17) is 9.47 Å². The average molecular weight is 466 g/mol. The van der Waals surface area contributed by atoms with Crippen LogP contribution in [0.25, 0.3) is 0 Å². The molecule has 0 aliphatic heterocycles. The van der Waals surface area contributed by atoms with Gasteiger partial charge in [0.05, 0.1) is 6.61 Å². The second kappa shape index (κ2) is 13.8. The molecule has 3 N–H and O–H groups in total. The Morgan fingerprint density at radius 1 is 0.848 bits per heavy atom. The highest BCUT2D eigenvalue weighted by atomic mass is 16.6. The van der Waals surface area contributed by atoms with Crippen molar-refractivity contribution >= 4 is 29.5 Å². The van der Waals surface area contributed by atoms with Crippen LogP contribution in [-0.2, 0) is 28.7 Å². The van der Waals surface area contributed by atoms with Crippen LogP contribution in [0.5, 0.6) is 5.75 Å². The molecule has 0 fully saturated rings. The fourth-order valence-corrected chi connectivity index (χ4v) is 2.42. The Balaban J connectivity index is 2.18. The first-order chi connectivity index (χ1) is 15.5. The number of benzene rings is 1. The summed E-state index contributed by atoms with van der Waals surface area (Å²) in [4.78, 5) is 57.9. The van der Waals surface area contributed by atoms with E-state index in [1.807, 2.05) is 0 Å². The predicted molar refractivity (Wildman–Crippen MR) is 115 cm³/mol. The summed E-state index contributed by atoms with van der Waals surface area (Å²) in [6.45, 7) is 4.75. The minimum Gasteiger partial charge on any atom is -0.490 e. The molecule has 0 saturated heterocycles. The Kier molecular flexibility index (Phi) is 11.6. The van der Waals surface area contributed by atoms with Crippen LogP contribution >= 0.6 is 0 Å². The van der Waals surface area contributed by atoms with Crippen molar-refractivity contribution in [1.29, 1.82) is 0 Å². The first kappa shape index (κ1) is 27.6. The van der Waals surface area contributed by atoms with Crippen molar-refractivity contribution in [3.8, 4) is 5.75 Å². The van der Waals surface area contributed by atoms with Crippen LogP contribution in [0.4, 0.5) is 0 Å². The third kappa shape index (κ3) is 11.6. The molecule has 0 aromatic heterocycles. The Bertz CT molecular complexity index is 829. The molecule has 11 heteroatoms. The van der Waals surface area contributed by atoms with Crippen LogP contribution in [0.1, 0.15) is 44.0 Å². The maximum absolute atomic E-state index is 12.0. The quantitative estimate of drug-likeness (QED) is 0.150. The van der Waals surface area contributed by atoms with E-state index in [1.54, 1.807) is 19.1 Å². The van der Waals surface area contributed by atoms with Crippen molar-refractivity contribution in [2.75, 3.05) is 32.9 Å². The number of hydrogen-bond donors (Lipinski definition) is 3. The molecular weight excluding hydrogens is 436 g/mol. The summed E-state index contributed by atoms with van der Waals surface area (Å²) in [6, 6.07) is 6.15. The summed E-state index contributed by atoms with van der Waals surface area (Å²) in [6.07, 6.45) is -0.899. The Morgan fingerprint density at radius 2 is 1.36 bits per heavy atom. The number of amides is 2. The number of nitrogens with one attached hydrogen (secondary N) is 2. The molecule has 1 aromatic rings. The zero-order chi connectivity index (χ0) is 24.9. The minimum absolute atomic E-state index is 0.0403. The molecule has 0 aliphatic rings. The predicted octanol–water partition coefficient (Wildman–Crippen LogP) is 0.138. The lowest BCUT2D eigenvalue weighted by molar-refractivity contribution is -0.148. The fourth-order valence-electron chi connectivity index (χ4n) is 2.42. The number of Topliss-reactive ketones (excluding diaryl/α,β-unsaturated/α-hetero) is 1. The van der Waals surface area contributed by atoms with Crippen molar-refractivity contribution in [2.24, 2.45) is 0 Å². The molecule has 2 amide bonds. The smallest absolute Gasteiger partial charge is 0.315 e. The monoisotopic (exact) mass is 466 g/mol. The zero-order valence-corrected chi connectivity index (χ0v) is 19.0. The van der Waals surface area contributed by atoms with E-state index in [0.717, 1.165) is 0 Å². The largest absolute Gasteiger partial charge is 0.490 e. The number of hydrogen-bond acceptors (Lipinski definition) is 9. The molecule has 1 aromatic carbocycles. The maximum Gasteiger partial charge on any atom is 0.315 e. The molecular formula is C22H30N2O9. The highest BCUT2D eigenvalue weighted by Crippen LogP contribution is 2.17. The summed E-state index contributed by atoms with van der Waals surface area (Å²) in [5.41, 5.74) is -1.13. The SMILES string of the molecule is CCOC(=O)CC(=O)NCCNC(=O)CC(=O)OCCOc1ccc(C(=O)C(C)(C)O)cc1. The lowest BCUT2D eigenvalue weighted by Gasteiger charge is -2.15. The highest BCUT2D eigenvalue weighted by Gasteiger charge is 2.25. The van der Waals surface area contributed by atoms with Gasteiger partial charge in [0.1, 0.15) is 37.4 Å². The summed E-state index contributed by atoms with van der Waals surface area (Å²) < 4.78 is 15.0. The molecule has 0 heterocycles. The highest BCUT2D eigenvalue weighted by molar-refractivity contribution is 6.01. The van der Waals surface area contributed by atoms with E-state index in [9.17, 15) is 29.1 Å². The van der Waals surface area contributed by atoms with Gasteiger partial charge in [-0.1, -0.05) is 0 Å². The third-order valence-electron chi connectivity index (χ3n) is 3.97. The summed E-state index contributed by atoms with van der Waals surface area (Å²) in [7, 11) is 0. The van der Waals surface area contributed by atoms with Gasteiger partial charge in [-0.05, 0) is 45.0 Å². The van der Waals surface area contributed by atoms with E-state index in [1.165, 1.54) is 26.0 Å². The lowest BCUT2D eigenvalue weighted by atomic mass is 9.97. The topological polar surface area (TPSA) is 157 Å². The third-order valence-corrected chi connectivity index (χ3v) is 3.97. The van der Waals surface area contributed by atoms with Crippen LogP contribution in [0.3, 0.4) is 0 Å². The van der Waals surface area contributed by atoms with Gasteiger partial charge in [-0.3, -0.25) is 24.0 Å². The van der Waals surface area contributed by atoms with Crippen molar-refractivity contribution < 1.29 is 43.3 Å². The summed E-state index contributed by atoms with van der Waals surface area (Å²) in [5.74, 6) is -2.45. The first-order valence-electron chi connectivity index (χ1n) is 10.4. The first-order valence-corrected chi connectivity index (χ1v) is 10.4. The second-order valence-electron chi connectivity index (χ2n) is 7.34. The van der Waals surface area contributed by atoms with Crippen molar-refractivity contribution in [1.82, 2.24) is 10.6 Å². The van der Waals surface area contributed by atoms with Gasteiger partial charge < -0.3 is 30.0 Å². The van der Waals surface area contributed by atoms with Gasteiger partial charge in [-0.25, -0.2) is 0 Å². The standard InChI is InChI=1S/C22H30N2O9/c1-4-31-19(27)13-17(25)23-9-10-24-18(26)14-20(28)33-12-11-32-16-7-5-15(6-8-16)21(29)22(2,3)30/h5-8,30H,4,9-14H2,1-3H3,(H,23,25)(H,24,26). The Morgan fingerprint density at radius 3 is 1.85 bits per heavy atom. The van der Waals surface area contributed by atoms with Gasteiger partial charge in [-0.2, -0.15) is 0 Å². The summed E-state index contributed by atoms with van der Waals surface area (Å²) >= 11 is 0. The van der Waals surface area contributed by atoms with Crippen LogP contribution in [0.15, 0.2) is 24.3 Å². The maximum atomic E-state index is 12.0. The number of carbonyl (C=O) groups is 5. The second-order valence-corrected chi connectivity index (χ2v) is 7.34. The molecule has 0 unspecified atom stereocenters. The molecule has 11 nitrogen and oxygen atoms in total. The molecule has 0 spiro atoms. The molecule has 0 bridgehead atoms. The number of aliphatic hydroxyl groups is 1. The number of rotatable bonds is 14. The number of ether oxygens (including phenoxy) is 3. The van der Waals surface area contributed by atoms with Crippen LogP contribution in [0, 0.1) is 0 Å². The van der Waals surface area contributed by atoms with E-state index >= 15 is 0 Å². The van der Waals surface area contributed by atoms with Crippen LogP contribution < -0.4 is 15.4 Å². The van der Waals surface area contributed by atoms with Gasteiger partial charge in [-0.15, -0.1) is 0 Å². The molecule has 182 valence electrons. The van der Waals surface area contributed by atoms with Crippen LogP contribution in [-0.4, -0.2) is 73.2 Å². The van der Waals surface area contributed by atoms with Crippen molar-refractivity contribution in [3.05, 3.63) is 29.8 Å². The van der Waals surface area contributed by atoms with Gasteiger partial charge >= 0.3 is 11.9 Å². The van der Waals surface area contributed by atoms with Crippen molar-refractivity contribution in [2.45, 2.75) is 39.2 Å². The molecule has 1 rings (SSSR count). The summed E-state index contributed by atoms with van der Waals surface area (Å²) in [5, 5.41) is 14.6. The molecule has 0 saturated carbocycles. The van der Waals surface area contributed by atoms with E-state index in [2.05, 4.69) is 15.4 Å². The van der Waals surface area contributed by atoms with Crippen molar-refractivity contribution in [3.63, 3.8) is 0 Å². The Hall–Kier alpha value is -3.47. The Labute approximate surface area is 191 Å². The average Bonchev–Trinajstić information content (AvgIpc) is 2.73. The van der Waals surface area contributed by atoms with Gasteiger partial charge in [0.2, 0.25) is 11.8 Å². The molecule has 0 aliphatic carbocycles. The van der Waals surface area contributed by atoms with E-state index in [-0.39, 0.29) is 32.9 Å². The number of esters is 2. The van der Waals surface area contributed by atoms with Gasteiger partial charge in [0.15, 0.2) is 5.78 Å². The van der Waals surface area contributed by atoms with Gasteiger partial charge in [0.25, 0.3) is 0 Å². The van der Waals surface area contributed by atoms with Gasteiger partial charge in [0, 0.05) is 18.7 Å². The van der Waals surface area contributed by atoms with E-state index < -0.39 is 48.0 Å². The normalized spacial score (nSPS) is 10.7. The molecule has 33 heavy (non-hydrogen) atoms. The van der Waals surface area contributed by atoms with E-state index in [0.29, 0.717) is 11.3 Å². The lowest BCUT2D eigenvalue weighted by Crippen LogP contribution is -2.36.